The van der Waals surface area contributed by atoms with Crippen molar-refractivity contribution in [2.45, 2.75) is 33.2 Å². The van der Waals surface area contributed by atoms with E-state index in [1.165, 1.54) is 0 Å². The fraction of sp³-hybridized carbons (Fsp3) is 0.500. The highest BCUT2D eigenvalue weighted by atomic mass is 79.9. The van der Waals surface area contributed by atoms with Crippen molar-refractivity contribution in [1.29, 1.82) is 0 Å². The van der Waals surface area contributed by atoms with Crippen LogP contribution in [-0.4, -0.2) is 18.1 Å². The molecule has 4 heteroatoms. The number of anilines is 1. The van der Waals surface area contributed by atoms with Crippen LogP contribution in [0.4, 0.5) is 5.69 Å². The highest BCUT2D eigenvalue weighted by Gasteiger charge is 2.17. The van der Waals surface area contributed by atoms with Gasteiger partial charge in [-0.2, -0.15) is 0 Å². The molecule has 1 atom stereocenters. The first-order valence-electron chi connectivity index (χ1n) is 6.15. The predicted molar refractivity (Wildman–Crippen MR) is 87.3 cm³/mol. The Morgan fingerprint density at radius 2 is 2.00 bits per heavy atom. The van der Waals surface area contributed by atoms with Crippen molar-refractivity contribution in [3.63, 3.8) is 0 Å². The van der Waals surface area contributed by atoms with E-state index in [1.807, 2.05) is 12.1 Å². The van der Waals surface area contributed by atoms with Crippen LogP contribution < -0.4 is 10.6 Å². The van der Waals surface area contributed by atoms with E-state index in [4.69, 9.17) is 18.0 Å². The lowest BCUT2D eigenvalue weighted by atomic mass is 10.0. The highest BCUT2D eigenvalue weighted by molar-refractivity contribution is 9.10. The minimum Gasteiger partial charge on any atom is -0.389 e. The summed E-state index contributed by atoms with van der Waals surface area (Å²) < 4.78 is 0.955. The third-order valence-electron chi connectivity index (χ3n) is 3.09. The standard InChI is InChI=1S/C14H21BrN2S/c1-9(2)8-10(3)17(4)12-7-5-6-11(15)13(12)14(16)18/h5-7,9-10H,8H2,1-4H3,(H2,16,18). The molecule has 0 spiro atoms. The number of halogens is 1. The van der Waals surface area contributed by atoms with Gasteiger partial charge in [0, 0.05) is 28.8 Å². The lowest BCUT2D eigenvalue weighted by molar-refractivity contribution is 0.504. The van der Waals surface area contributed by atoms with E-state index < -0.39 is 0 Å². The van der Waals surface area contributed by atoms with E-state index in [1.54, 1.807) is 0 Å². The molecule has 0 aromatic heterocycles. The van der Waals surface area contributed by atoms with Gasteiger partial charge in [-0.05, 0) is 47.3 Å². The second kappa shape index (κ2) is 6.53. The first-order valence-corrected chi connectivity index (χ1v) is 7.35. The van der Waals surface area contributed by atoms with Crippen LogP contribution in [0.25, 0.3) is 0 Å². The number of nitrogens with two attached hydrogens (primary N) is 1. The zero-order valence-corrected chi connectivity index (χ0v) is 13.8. The molecule has 2 nitrogen and oxygen atoms in total. The Kier molecular flexibility index (Phi) is 5.60. The van der Waals surface area contributed by atoms with Gasteiger partial charge in [0.15, 0.2) is 0 Å². The van der Waals surface area contributed by atoms with Gasteiger partial charge >= 0.3 is 0 Å². The quantitative estimate of drug-likeness (QED) is 0.829. The van der Waals surface area contributed by atoms with Crippen molar-refractivity contribution in [2.24, 2.45) is 11.7 Å². The highest BCUT2D eigenvalue weighted by Crippen LogP contribution is 2.29. The molecule has 1 rings (SSSR count). The van der Waals surface area contributed by atoms with Gasteiger partial charge in [0.25, 0.3) is 0 Å². The Morgan fingerprint density at radius 1 is 1.39 bits per heavy atom. The summed E-state index contributed by atoms with van der Waals surface area (Å²) in [4.78, 5) is 2.68. The summed E-state index contributed by atoms with van der Waals surface area (Å²) in [6, 6.07) is 6.50. The Morgan fingerprint density at radius 3 is 2.50 bits per heavy atom. The molecule has 0 aliphatic carbocycles. The average molecular weight is 329 g/mol. The molecule has 18 heavy (non-hydrogen) atoms. The number of thiocarbonyl (C=S) groups is 1. The van der Waals surface area contributed by atoms with Gasteiger partial charge in [-0.3, -0.25) is 0 Å². The van der Waals surface area contributed by atoms with Crippen LogP contribution in [0.1, 0.15) is 32.8 Å². The van der Waals surface area contributed by atoms with E-state index in [0.29, 0.717) is 16.9 Å². The second-order valence-corrected chi connectivity index (χ2v) is 6.38. The van der Waals surface area contributed by atoms with Crippen LogP contribution >= 0.6 is 28.1 Å². The molecule has 2 N–H and O–H groups in total. The lowest BCUT2D eigenvalue weighted by Gasteiger charge is -2.30. The third-order valence-corrected chi connectivity index (χ3v) is 3.96. The van der Waals surface area contributed by atoms with Gasteiger partial charge in [-0.25, -0.2) is 0 Å². The summed E-state index contributed by atoms with van der Waals surface area (Å²) >= 11 is 8.67. The summed E-state index contributed by atoms with van der Waals surface area (Å²) in [5, 5.41) is 0. The zero-order chi connectivity index (χ0) is 13.9. The smallest absolute Gasteiger partial charge is 0.107 e. The Hall–Kier alpha value is -0.610. The third kappa shape index (κ3) is 3.69. The molecule has 1 aromatic carbocycles. The van der Waals surface area contributed by atoms with Gasteiger partial charge in [0.05, 0.1) is 0 Å². The monoisotopic (exact) mass is 328 g/mol. The van der Waals surface area contributed by atoms with E-state index in [-0.39, 0.29) is 0 Å². The zero-order valence-electron chi connectivity index (χ0n) is 11.4. The van der Waals surface area contributed by atoms with Gasteiger partial charge in [0.2, 0.25) is 0 Å². The van der Waals surface area contributed by atoms with Crippen LogP contribution in [0, 0.1) is 5.92 Å². The van der Waals surface area contributed by atoms with Gasteiger partial charge in [0.1, 0.15) is 4.99 Å². The molecular formula is C14H21BrN2S. The normalized spacial score (nSPS) is 12.6. The first-order chi connectivity index (χ1) is 8.34. The minimum atomic E-state index is 0.432. The van der Waals surface area contributed by atoms with Crippen molar-refractivity contribution in [1.82, 2.24) is 0 Å². The van der Waals surface area contributed by atoms with Crippen LogP contribution in [0.2, 0.25) is 0 Å². The molecule has 0 aliphatic heterocycles. The van der Waals surface area contributed by atoms with Crippen molar-refractivity contribution >= 4 is 38.8 Å². The summed E-state index contributed by atoms with van der Waals surface area (Å²) in [6.45, 7) is 6.70. The molecule has 0 saturated carbocycles. The Balaban J connectivity index is 3.09. The molecule has 0 saturated heterocycles. The Labute approximate surface area is 124 Å². The average Bonchev–Trinajstić information content (AvgIpc) is 2.26. The van der Waals surface area contributed by atoms with Crippen LogP contribution in [0.5, 0.6) is 0 Å². The molecule has 1 unspecified atom stereocenters. The SMILES string of the molecule is CC(C)CC(C)N(C)c1cccc(Br)c1C(N)=S. The summed E-state index contributed by atoms with van der Waals surface area (Å²) in [7, 11) is 2.09. The Bertz CT molecular complexity index is 432. The van der Waals surface area contributed by atoms with Gasteiger partial charge < -0.3 is 10.6 Å². The fourth-order valence-corrected chi connectivity index (χ4v) is 3.04. The van der Waals surface area contributed by atoms with Crippen LogP contribution in [0.3, 0.4) is 0 Å². The minimum absolute atomic E-state index is 0.432. The maximum atomic E-state index is 5.83. The molecule has 100 valence electrons. The number of benzene rings is 1. The van der Waals surface area contributed by atoms with E-state index in [0.717, 1.165) is 22.1 Å². The molecular weight excluding hydrogens is 308 g/mol. The summed E-state index contributed by atoms with van der Waals surface area (Å²) in [5.41, 5.74) is 7.84. The number of hydrogen-bond donors (Lipinski definition) is 1. The number of nitrogens with zero attached hydrogens (tertiary/aromatic N) is 1. The molecule has 0 heterocycles. The maximum absolute atomic E-state index is 5.83. The second-order valence-electron chi connectivity index (χ2n) is 5.09. The number of rotatable bonds is 5. The van der Waals surface area contributed by atoms with E-state index in [9.17, 15) is 0 Å². The van der Waals surface area contributed by atoms with E-state index >= 15 is 0 Å². The summed E-state index contributed by atoms with van der Waals surface area (Å²) in [5.74, 6) is 0.669. The van der Waals surface area contributed by atoms with E-state index in [2.05, 4.69) is 54.7 Å². The molecule has 0 amide bonds. The first kappa shape index (κ1) is 15.4. The topological polar surface area (TPSA) is 29.3 Å². The number of hydrogen-bond acceptors (Lipinski definition) is 2. The van der Waals surface area contributed by atoms with Crippen LogP contribution in [-0.2, 0) is 0 Å². The fourth-order valence-electron chi connectivity index (χ4n) is 2.13. The molecule has 0 bridgehead atoms. The van der Waals surface area contributed by atoms with Gasteiger partial charge in [-0.1, -0.05) is 32.1 Å². The van der Waals surface area contributed by atoms with Crippen molar-refractivity contribution in [2.75, 3.05) is 11.9 Å². The predicted octanol–water partition coefficient (Wildman–Crippen LogP) is 3.95. The molecule has 0 fully saturated rings. The lowest BCUT2D eigenvalue weighted by Crippen LogP contribution is -2.32. The molecule has 0 radical (unpaired) electrons. The van der Waals surface area contributed by atoms with Crippen molar-refractivity contribution < 1.29 is 0 Å². The van der Waals surface area contributed by atoms with Gasteiger partial charge in [-0.15, -0.1) is 0 Å². The largest absolute Gasteiger partial charge is 0.389 e. The van der Waals surface area contributed by atoms with Crippen molar-refractivity contribution in [3.8, 4) is 0 Å². The maximum Gasteiger partial charge on any atom is 0.107 e. The summed E-state index contributed by atoms with van der Waals surface area (Å²) in [6.07, 6.45) is 1.14. The van der Waals surface area contributed by atoms with Crippen molar-refractivity contribution in [3.05, 3.63) is 28.2 Å². The van der Waals surface area contributed by atoms with Crippen LogP contribution in [0.15, 0.2) is 22.7 Å². The molecule has 1 aromatic rings. The molecule has 0 aliphatic rings.